The molecule has 0 unspecified atom stereocenters. The first-order valence-corrected chi connectivity index (χ1v) is 10.2. The van der Waals surface area contributed by atoms with Crippen molar-refractivity contribution in [3.05, 3.63) is 24.3 Å². The summed E-state index contributed by atoms with van der Waals surface area (Å²) in [7, 11) is 0. The Labute approximate surface area is 157 Å². The summed E-state index contributed by atoms with van der Waals surface area (Å²) in [4.78, 5) is 2.75. The van der Waals surface area contributed by atoms with Crippen molar-refractivity contribution >= 4 is 23.0 Å². The van der Waals surface area contributed by atoms with E-state index in [4.69, 9.17) is 17.0 Å². The Bertz CT molecular complexity index is 566. The minimum absolute atomic E-state index is 0.475. The van der Waals surface area contributed by atoms with E-state index in [0.717, 1.165) is 23.5 Å². The van der Waals surface area contributed by atoms with E-state index < -0.39 is 0 Å². The van der Waals surface area contributed by atoms with E-state index in [9.17, 15) is 0 Å². The molecular weight excluding hydrogens is 330 g/mol. The van der Waals surface area contributed by atoms with Crippen LogP contribution in [0.25, 0.3) is 0 Å². The third-order valence-electron chi connectivity index (χ3n) is 5.38. The molecule has 1 aromatic rings. The molecule has 2 N–H and O–H groups in total. The fourth-order valence-electron chi connectivity index (χ4n) is 4.41. The zero-order valence-corrected chi connectivity index (χ0v) is 16.3. The van der Waals surface area contributed by atoms with Crippen molar-refractivity contribution in [1.29, 1.82) is 0 Å². The SMILES string of the molecule is CCCN1[C@H]2CCC[C@H]1CC(NC(=S)Nc1ccccc1OCC)C2. The number of ether oxygens (including phenoxy) is 1. The Morgan fingerprint density at radius 1 is 1.20 bits per heavy atom. The number of hydrogen-bond donors (Lipinski definition) is 2. The van der Waals surface area contributed by atoms with Crippen LogP contribution in [0.15, 0.2) is 24.3 Å². The largest absolute Gasteiger partial charge is 0.492 e. The summed E-state index contributed by atoms with van der Waals surface area (Å²) in [6, 6.07) is 9.90. The van der Waals surface area contributed by atoms with Crippen LogP contribution in [0.3, 0.4) is 0 Å². The second kappa shape index (κ2) is 8.86. The van der Waals surface area contributed by atoms with Crippen LogP contribution in [0.2, 0.25) is 0 Å². The van der Waals surface area contributed by atoms with Crippen LogP contribution >= 0.6 is 12.2 Å². The molecule has 138 valence electrons. The molecule has 5 heteroatoms. The summed E-state index contributed by atoms with van der Waals surface area (Å²) in [5.74, 6) is 0.851. The summed E-state index contributed by atoms with van der Waals surface area (Å²) >= 11 is 5.58. The topological polar surface area (TPSA) is 36.5 Å². The summed E-state index contributed by atoms with van der Waals surface area (Å²) in [6.45, 7) is 6.18. The number of hydrogen-bond acceptors (Lipinski definition) is 3. The van der Waals surface area contributed by atoms with Gasteiger partial charge in [-0.1, -0.05) is 25.5 Å². The highest BCUT2D eigenvalue weighted by Crippen LogP contribution is 2.34. The fraction of sp³-hybridized carbons (Fsp3) is 0.650. The van der Waals surface area contributed by atoms with Crippen LogP contribution in [0, 0.1) is 0 Å². The number of nitrogens with zero attached hydrogens (tertiary/aromatic N) is 1. The lowest BCUT2D eigenvalue weighted by molar-refractivity contribution is 0.0284. The molecule has 1 aromatic carbocycles. The van der Waals surface area contributed by atoms with Gasteiger partial charge in [-0.25, -0.2) is 0 Å². The van der Waals surface area contributed by atoms with Gasteiger partial charge in [-0.15, -0.1) is 0 Å². The fourth-order valence-corrected chi connectivity index (χ4v) is 4.69. The summed E-state index contributed by atoms with van der Waals surface area (Å²) in [6.07, 6.45) is 7.70. The molecule has 4 nitrogen and oxygen atoms in total. The van der Waals surface area contributed by atoms with E-state index in [1.165, 1.54) is 45.1 Å². The van der Waals surface area contributed by atoms with Gasteiger partial charge in [-0.3, -0.25) is 4.90 Å². The molecule has 2 saturated heterocycles. The monoisotopic (exact) mass is 361 g/mol. The maximum Gasteiger partial charge on any atom is 0.171 e. The maximum absolute atomic E-state index is 5.67. The Hall–Kier alpha value is -1.33. The van der Waals surface area contributed by atoms with Gasteiger partial charge in [-0.05, 0) is 69.9 Å². The van der Waals surface area contributed by atoms with Crippen molar-refractivity contribution in [1.82, 2.24) is 10.2 Å². The van der Waals surface area contributed by atoms with Crippen LogP contribution in [-0.4, -0.2) is 41.3 Å². The average molecular weight is 362 g/mol. The first kappa shape index (κ1) is 18.5. The molecule has 0 aromatic heterocycles. The lowest BCUT2D eigenvalue weighted by Crippen LogP contribution is -2.57. The Morgan fingerprint density at radius 3 is 2.60 bits per heavy atom. The standard InChI is InChI=1S/C20H31N3OS/c1-3-12-23-16-8-7-9-17(23)14-15(13-16)21-20(25)22-18-10-5-6-11-19(18)24-4-2/h5-6,10-11,15-17H,3-4,7-9,12-14H2,1-2H3,(H2,21,22,25)/t16-,17-/m0/s1. The van der Waals surface area contributed by atoms with Crippen LogP contribution in [0.5, 0.6) is 5.75 Å². The van der Waals surface area contributed by atoms with E-state index in [1.807, 2.05) is 31.2 Å². The van der Waals surface area contributed by atoms with E-state index in [1.54, 1.807) is 0 Å². The van der Waals surface area contributed by atoms with E-state index in [0.29, 0.717) is 17.8 Å². The first-order chi connectivity index (χ1) is 12.2. The number of fused-ring (bicyclic) bond motifs is 2. The highest BCUT2D eigenvalue weighted by Gasteiger charge is 2.37. The number of para-hydroxylation sites is 2. The van der Waals surface area contributed by atoms with Crippen molar-refractivity contribution in [3.8, 4) is 5.75 Å². The zero-order chi connectivity index (χ0) is 17.6. The minimum atomic E-state index is 0.475. The molecule has 2 fully saturated rings. The predicted octanol–water partition coefficient (Wildman–Crippen LogP) is 4.17. The van der Waals surface area contributed by atoms with Gasteiger partial charge < -0.3 is 15.4 Å². The lowest BCUT2D eigenvalue weighted by atomic mass is 9.81. The molecule has 2 heterocycles. The predicted molar refractivity (Wildman–Crippen MR) is 108 cm³/mol. The van der Waals surface area contributed by atoms with Crippen molar-refractivity contribution in [2.45, 2.75) is 70.5 Å². The Kier molecular flexibility index (Phi) is 6.54. The van der Waals surface area contributed by atoms with Crippen LogP contribution in [-0.2, 0) is 0 Å². The number of thiocarbonyl (C=S) groups is 1. The summed E-state index contributed by atoms with van der Waals surface area (Å²) in [5.41, 5.74) is 0.936. The molecule has 2 aliphatic rings. The molecule has 2 aliphatic heterocycles. The minimum Gasteiger partial charge on any atom is -0.492 e. The van der Waals surface area contributed by atoms with Crippen LogP contribution in [0.1, 0.15) is 52.4 Å². The highest BCUT2D eigenvalue weighted by molar-refractivity contribution is 7.80. The molecule has 0 amide bonds. The van der Waals surface area contributed by atoms with Gasteiger partial charge >= 0.3 is 0 Å². The van der Waals surface area contributed by atoms with Gasteiger partial charge in [-0.2, -0.15) is 0 Å². The normalized spacial score (nSPS) is 26.1. The van der Waals surface area contributed by atoms with E-state index in [2.05, 4.69) is 22.5 Å². The smallest absolute Gasteiger partial charge is 0.171 e. The second-order valence-corrected chi connectivity index (χ2v) is 7.58. The number of anilines is 1. The zero-order valence-electron chi connectivity index (χ0n) is 15.5. The van der Waals surface area contributed by atoms with Crippen molar-refractivity contribution in [3.63, 3.8) is 0 Å². The number of rotatable bonds is 6. The molecular formula is C20H31N3OS. The quantitative estimate of drug-likeness (QED) is 0.744. The number of nitrogens with one attached hydrogen (secondary N) is 2. The number of piperidine rings is 2. The van der Waals surface area contributed by atoms with E-state index in [-0.39, 0.29) is 0 Å². The number of benzene rings is 1. The van der Waals surface area contributed by atoms with Gasteiger partial charge in [0.15, 0.2) is 5.11 Å². The Morgan fingerprint density at radius 2 is 1.92 bits per heavy atom. The lowest BCUT2D eigenvalue weighted by Gasteiger charge is -2.49. The molecule has 0 spiro atoms. The van der Waals surface area contributed by atoms with Crippen molar-refractivity contribution < 1.29 is 4.74 Å². The van der Waals surface area contributed by atoms with Gasteiger partial charge in [0.1, 0.15) is 5.75 Å². The third-order valence-corrected chi connectivity index (χ3v) is 5.60. The van der Waals surface area contributed by atoms with Crippen LogP contribution < -0.4 is 15.4 Å². The van der Waals surface area contributed by atoms with Gasteiger partial charge in [0.25, 0.3) is 0 Å². The second-order valence-electron chi connectivity index (χ2n) is 7.17. The van der Waals surface area contributed by atoms with E-state index >= 15 is 0 Å². The van der Waals surface area contributed by atoms with Gasteiger partial charge in [0.05, 0.1) is 12.3 Å². The molecule has 2 atom stereocenters. The van der Waals surface area contributed by atoms with Gasteiger partial charge in [0.2, 0.25) is 0 Å². The van der Waals surface area contributed by atoms with Crippen molar-refractivity contribution in [2.75, 3.05) is 18.5 Å². The van der Waals surface area contributed by atoms with Gasteiger partial charge in [0, 0.05) is 18.1 Å². The average Bonchev–Trinajstić information content (AvgIpc) is 2.58. The third kappa shape index (κ3) is 4.64. The molecule has 3 rings (SSSR count). The molecule has 0 radical (unpaired) electrons. The summed E-state index contributed by atoms with van der Waals surface area (Å²) in [5, 5.41) is 7.60. The maximum atomic E-state index is 5.67. The van der Waals surface area contributed by atoms with Crippen molar-refractivity contribution in [2.24, 2.45) is 0 Å². The Balaban J connectivity index is 1.57. The van der Waals surface area contributed by atoms with Crippen LogP contribution in [0.4, 0.5) is 5.69 Å². The molecule has 0 aliphatic carbocycles. The highest BCUT2D eigenvalue weighted by atomic mass is 32.1. The molecule has 25 heavy (non-hydrogen) atoms. The summed E-state index contributed by atoms with van der Waals surface area (Å²) < 4.78 is 5.67. The molecule has 0 saturated carbocycles. The molecule has 2 bridgehead atoms. The first-order valence-electron chi connectivity index (χ1n) is 9.76.